The molecule has 0 aromatic heterocycles. The molecular formula is C10H10BrF4N. The highest BCUT2D eigenvalue weighted by atomic mass is 79.9. The molecule has 0 amide bonds. The summed E-state index contributed by atoms with van der Waals surface area (Å²) in [5, 5.41) is 0. The summed E-state index contributed by atoms with van der Waals surface area (Å²) < 4.78 is 49.3. The summed E-state index contributed by atoms with van der Waals surface area (Å²) in [7, 11) is 0. The minimum absolute atomic E-state index is 0.258. The first-order valence-corrected chi connectivity index (χ1v) is 5.36. The molecule has 1 rings (SSSR count). The molecule has 0 aliphatic carbocycles. The van der Waals surface area contributed by atoms with Gasteiger partial charge in [-0.3, -0.25) is 0 Å². The van der Waals surface area contributed by atoms with E-state index in [1.807, 2.05) is 0 Å². The summed E-state index contributed by atoms with van der Waals surface area (Å²) in [5.74, 6) is -0.513. The number of benzene rings is 1. The lowest BCUT2D eigenvalue weighted by Gasteiger charge is -2.15. The van der Waals surface area contributed by atoms with Crippen molar-refractivity contribution in [2.75, 3.05) is 0 Å². The van der Waals surface area contributed by atoms with Crippen LogP contribution in [0.5, 0.6) is 0 Å². The van der Waals surface area contributed by atoms with E-state index in [1.54, 1.807) is 0 Å². The summed E-state index contributed by atoms with van der Waals surface area (Å²) in [6.07, 6.45) is -5.47. The monoisotopic (exact) mass is 299 g/mol. The second-order valence-electron chi connectivity index (χ2n) is 3.43. The Morgan fingerprint density at radius 1 is 1.31 bits per heavy atom. The van der Waals surface area contributed by atoms with Crippen molar-refractivity contribution in [3.05, 3.63) is 34.1 Å². The van der Waals surface area contributed by atoms with Gasteiger partial charge in [-0.25, -0.2) is 4.39 Å². The molecule has 0 bridgehead atoms. The van der Waals surface area contributed by atoms with Crippen molar-refractivity contribution >= 4 is 15.9 Å². The fourth-order valence-electron chi connectivity index (χ4n) is 1.27. The summed E-state index contributed by atoms with van der Waals surface area (Å²) in [6.45, 7) is 0. The van der Waals surface area contributed by atoms with Crippen molar-refractivity contribution < 1.29 is 17.6 Å². The van der Waals surface area contributed by atoms with Gasteiger partial charge in [0.15, 0.2) is 0 Å². The van der Waals surface area contributed by atoms with Crippen LogP contribution in [0, 0.1) is 5.82 Å². The third-order valence-corrected chi connectivity index (χ3v) is 2.82. The molecule has 1 atom stereocenters. The molecule has 1 aromatic carbocycles. The van der Waals surface area contributed by atoms with Crippen molar-refractivity contribution in [2.24, 2.45) is 5.73 Å². The Bertz CT molecular complexity index is 364. The lowest BCUT2D eigenvalue weighted by molar-refractivity contribution is -0.136. The molecule has 0 saturated carbocycles. The van der Waals surface area contributed by atoms with Crippen LogP contribution in [0.25, 0.3) is 0 Å². The van der Waals surface area contributed by atoms with Crippen LogP contribution in [0.2, 0.25) is 0 Å². The number of hydrogen-bond donors (Lipinski definition) is 1. The fourth-order valence-corrected chi connectivity index (χ4v) is 1.81. The third kappa shape index (κ3) is 4.09. The van der Waals surface area contributed by atoms with Gasteiger partial charge in [0, 0.05) is 16.9 Å². The van der Waals surface area contributed by atoms with Crippen molar-refractivity contribution in [1.29, 1.82) is 0 Å². The van der Waals surface area contributed by atoms with E-state index in [0.29, 0.717) is 10.0 Å². The molecule has 2 N–H and O–H groups in total. The Hall–Kier alpha value is -0.620. The highest BCUT2D eigenvalue weighted by molar-refractivity contribution is 9.10. The SMILES string of the molecule is NC(CCC(F)(F)F)c1cc(F)ccc1Br. The Balaban J connectivity index is 2.73. The molecule has 0 aliphatic heterocycles. The van der Waals surface area contributed by atoms with E-state index >= 15 is 0 Å². The molecule has 16 heavy (non-hydrogen) atoms. The minimum atomic E-state index is -4.24. The van der Waals surface area contributed by atoms with Crippen LogP contribution in [-0.4, -0.2) is 6.18 Å². The molecule has 0 aliphatic rings. The Labute approximate surface area is 98.8 Å². The number of hydrogen-bond acceptors (Lipinski definition) is 1. The zero-order chi connectivity index (χ0) is 12.3. The molecule has 6 heteroatoms. The van der Waals surface area contributed by atoms with Gasteiger partial charge < -0.3 is 5.73 Å². The molecule has 1 aromatic rings. The van der Waals surface area contributed by atoms with Crippen LogP contribution in [-0.2, 0) is 0 Å². The van der Waals surface area contributed by atoms with Crippen molar-refractivity contribution in [3.63, 3.8) is 0 Å². The van der Waals surface area contributed by atoms with E-state index in [2.05, 4.69) is 15.9 Å². The Kier molecular flexibility index (Phi) is 4.32. The van der Waals surface area contributed by atoms with E-state index < -0.39 is 24.5 Å². The van der Waals surface area contributed by atoms with E-state index in [0.717, 1.165) is 6.07 Å². The molecule has 0 saturated heterocycles. The van der Waals surface area contributed by atoms with Crippen molar-refractivity contribution in [1.82, 2.24) is 0 Å². The van der Waals surface area contributed by atoms with Gasteiger partial charge in [0.05, 0.1) is 0 Å². The van der Waals surface area contributed by atoms with E-state index in [-0.39, 0.29) is 6.42 Å². The van der Waals surface area contributed by atoms with Gasteiger partial charge in [-0.1, -0.05) is 15.9 Å². The highest BCUT2D eigenvalue weighted by Crippen LogP contribution is 2.30. The first-order chi connectivity index (χ1) is 7.29. The highest BCUT2D eigenvalue weighted by Gasteiger charge is 2.28. The number of rotatable bonds is 3. The maximum Gasteiger partial charge on any atom is 0.389 e. The maximum atomic E-state index is 12.9. The van der Waals surface area contributed by atoms with Crippen molar-refractivity contribution in [3.8, 4) is 0 Å². The molecule has 0 radical (unpaired) electrons. The number of halogens is 5. The van der Waals surface area contributed by atoms with E-state index in [9.17, 15) is 17.6 Å². The van der Waals surface area contributed by atoms with Gasteiger partial charge in [0.2, 0.25) is 0 Å². The van der Waals surface area contributed by atoms with Gasteiger partial charge in [0.25, 0.3) is 0 Å². The normalized spacial score (nSPS) is 13.9. The van der Waals surface area contributed by atoms with Gasteiger partial charge >= 0.3 is 6.18 Å². The molecular weight excluding hydrogens is 290 g/mol. The Morgan fingerprint density at radius 2 is 1.94 bits per heavy atom. The summed E-state index contributed by atoms with van der Waals surface area (Å²) >= 11 is 3.12. The molecule has 0 spiro atoms. The van der Waals surface area contributed by atoms with Gasteiger partial charge in [0.1, 0.15) is 5.82 Å². The van der Waals surface area contributed by atoms with Crippen molar-refractivity contribution in [2.45, 2.75) is 25.1 Å². The topological polar surface area (TPSA) is 26.0 Å². The lowest BCUT2D eigenvalue weighted by atomic mass is 10.0. The molecule has 0 heterocycles. The zero-order valence-electron chi connectivity index (χ0n) is 8.19. The smallest absolute Gasteiger partial charge is 0.324 e. The zero-order valence-corrected chi connectivity index (χ0v) is 9.78. The average Bonchev–Trinajstić information content (AvgIpc) is 2.17. The van der Waals surface area contributed by atoms with Crippen LogP contribution in [0.15, 0.2) is 22.7 Å². The quantitative estimate of drug-likeness (QED) is 0.841. The minimum Gasteiger partial charge on any atom is -0.324 e. The number of alkyl halides is 3. The van der Waals surface area contributed by atoms with Crippen LogP contribution < -0.4 is 5.73 Å². The second kappa shape index (κ2) is 5.14. The van der Waals surface area contributed by atoms with E-state index in [1.165, 1.54) is 12.1 Å². The Morgan fingerprint density at radius 3 is 2.50 bits per heavy atom. The first-order valence-electron chi connectivity index (χ1n) is 4.57. The maximum absolute atomic E-state index is 12.9. The summed E-state index contributed by atoms with van der Waals surface area (Å²) in [4.78, 5) is 0. The first kappa shape index (κ1) is 13.4. The largest absolute Gasteiger partial charge is 0.389 e. The summed E-state index contributed by atoms with van der Waals surface area (Å²) in [6, 6.07) is 2.96. The average molecular weight is 300 g/mol. The summed E-state index contributed by atoms with van der Waals surface area (Å²) in [5.41, 5.74) is 5.93. The molecule has 0 fully saturated rings. The standard InChI is InChI=1S/C10H10BrF4N/c11-8-2-1-6(12)5-7(8)9(16)3-4-10(13,14)15/h1-2,5,9H,3-4,16H2. The van der Waals surface area contributed by atoms with Crippen LogP contribution in [0.3, 0.4) is 0 Å². The molecule has 1 unspecified atom stereocenters. The lowest BCUT2D eigenvalue weighted by Crippen LogP contribution is -2.16. The molecule has 90 valence electrons. The van der Waals surface area contributed by atoms with Crippen LogP contribution in [0.1, 0.15) is 24.4 Å². The third-order valence-electron chi connectivity index (χ3n) is 2.10. The van der Waals surface area contributed by atoms with Gasteiger partial charge in [-0.15, -0.1) is 0 Å². The van der Waals surface area contributed by atoms with Crippen LogP contribution >= 0.6 is 15.9 Å². The number of nitrogens with two attached hydrogens (primary N) is 1. The van der Waals surface area contributed by atoms with Gasteiger partial charge in [-0.05, 0) is 30.2 Å². The predicted octanol–water partition coefficient (Wildman–Crippen LogP) is 3.93. The predicted molar refractivity (Wildman–Crippen MR) is 56.3 cm³/mol. The second-order valence-corrected chi connectivity index (χ2v) is 4.28. The van der Waals surface area contributed by atoms with Crippen LogP contribution in [0.4, 0.5) is 17.6 Å². The fraction of sp³-hybridized carbons (Fsp3) is 0.400. The molecule has 1 nitrogen and oxygen atoms in total. The van der Waals surface area contributed by atoms with E-state index in [4.69, 9.17) is 5.73 Å². The van der Waals surface area contributed by atoms with Gasteiger partial charge in [-0.2, -0.15) is 13.2 Å².